The molecule has 1 heterocycles. The van der Waals surface area contributed by atoms with Gasteiger partial charge in [-0.1, -0.05) is 6.92 Å². The van der Waals surface area contributed by atoms with Gasteiger partial charge in [0.05, 0.1) is 0 Å². The summed E-state index contributed by atoms with van der Waals surface area (Å²) < 4.78 is 0. The third-order valence-electron chi connectivity index (χ3n) is 2.71. The number of amides is 1. The van der Waals surface area contributed by atoms with Crippen molar-refractivity contribution in [2.24, 2.45) is 0 Å². The van der Waals surface area contributed by atoms with Crippen molar-refractivity contribution in [1.82, 2.24) is 9.80 Å². The molecule has 1 amide bonds. The molecule has 1 saturated heterocycles. The van der Waals surface area contributed by atoms with E-state index in [4.69, 9.17) is 9.90 Å². The van der Waals surface area contributed by atoms with Gasteiger partial charge in [-0.15, -0.1) is 0 Å². The van der Waals surface area contributed by atoms with Crippen molar-refractivity contribution in [2.75, 3.05) is 33.2 Å². The average molecular weight is 230 g/mol. The highest BCUT2D eigenvalue weighted by Crippen LogP contribution is 2.08. The first kappa shape index (κ1) is 14.9. The maximum Gasteiger partial charge on any atom is 0.290 e. The zero-order valence-corrected chi connectivity index (χ0v) is 10.2. The molecule has 0 radical (unpaired) electrons. The molecule has 16 heavy (non-hydrogen) atoms. The Balaban J connectivity index is 0.000000673. The predicted molar refractivity (Wildman–Crippen MR) is 62.3 cm³/mol. The second kappa shape index (κ2) is 9.15. The highest BCUT2D eigenvalue weighted by molar-refractivity contribution is 5.76. The minimum Gasteiger partial charge on any atom is -0.483 e. The first-order chi connectivity index (χ1) is 7.65. The fourth-order valence-electron chi connectivity index (χ4n) is 1.57. The molecule has 0 aliphatic carbocycles. The van der Waals surface area contributed by atoms with Gasteiger partial charge >= 0.3 is 0 Å². The Morgan fingerprint density at radius 1 is 1.44 bits per heavy atom. The van der Waals surface area contributed by atoms with E-state index in [1.165, 1.54) is 12.8 Å². The van der Waals surface area contributed by atoms with Gasteiger partial charge in [0.1, 0.15) is 0 Å². The van der Waals surface area contributed by atoms with Crippen LogP contribution >= 0.6 is 0 Å². The fourth-order valence-corrected chi connectivity index (χ4v) is 1.57. The van der Waals surface area contributed by atoms with Crippen molar-refractivity contribution in [3.05, 3.63) is 0 Å². The summed E-state index contributed by atoms with van der Waals surface area (Å²) in [7, 11) is 2.05. The van der Waals surface area contributed by atoms with E-state index >= 15 is 0 Å². The Bertz CT molecular complexity index is 203. The molecule has 0 unspecified atom stereocenters. The minimum atomic E-state index is -0.250. The number of carboxylic acid groups (broad SMARTS) is 1. The largest absolute Gasteiger partial charge is 0.483 e. The van der Waals surface area contributed by atoms with Gasteiger partial charge < -0.3 is 14.9 Å². The summed E-state index contributed by atoms with van der Waals surface area (Å²) in [6.45, 7) is 5.74. The molecule has 5 nitrogen and oxygen atoms in total. The third kappa shape index (κ3) is 6.40. The zero-order chi connectivity index (χ0) is 12.4. The number of likely N-dealkylation sites (tertiary alicyclic amines) is 1. The van der Waals surface area contributed by atoms with Crippen molar-refractivity contribution < 1.29 is 14.7 Å². The molecule has 0 saturated carbocycles. The molecule has 94 valence electrons. The van der Waals surface area contributed by atoms with Crippen LogP contribution in [-0.2, 0) is 9.59 Å². The van der Waals surface area contributed by atoms with Crippen molar-refractivity contribution in [3.63, 3.8) is 0 Å². The first-order valence-corrected chi connectivity index (χ1v) is 5.69. The van der Waals surface area contributed by atoms with E-state index in [2.05, 4.69) is 18.9 Å². The summed E-state index contributed by atoms with van der Waals surface area (Å²) in [6, 6.07) is 0. The molecule has 0 bridgehead atoms. The van der Waals surface area contributed by atoms with Crippen LogP contribution in [-0.4, -0.2) is 60.5 Å². The van der Waals surface area contributed by atoms with Gasteiger partial charge in [-0.2, -0.15) is 0 Å². The molecule has 1 rings (SSSR count). The van der Waals surface area contributed by atoms with Crippen LogP contribution in [0.15, 0.2) is 0 Å². The van der Waals surface area contributed by atoms with Crippen molar-refractivity contribution >= 4 is 12.4 Å². The second-order valence-electron chi connectivity index (χ2n) is 3.84. The number of carbonyl (C=O) groups excluding carboxylic acids is 1. The number of hydrogen-bond donors (Lipinski definition) is 1. The van der Waals surface area contributed by atoms with Crippen LogP contribution in [0.1, 0.15) is 26.2 Å². The van der Waals surface area contributed by atoms with E-state index in [9.17, 15) is 4.79 Å². The van der Waals surface area contributed by atoms with Crippen molar-refractivity contribution in [1.29, 1.82) is 0 Å². The molecular formula is C11H22N2O3. The summed E-state index contributed by atoms with van der Waals surface area (Å²) in [4.78, 5) is 24.1. The molecule has 1 aliphatic rings. The van der Waals surface area contributed by atoms with Gasteiger partial charge in [0, 0.05) is 26.1 Å². The molecule has 1 N–H and O–H groups in total. The molecule has 1 aliphatic heterocycles. The summed E-state index contributed by atoms with van der Waals surface area (Å²) in [5, 5.41) is 6.89. The summed E-state index contributed by atoms with van der Waals surface area (Å²) >= 11 is 0. The van der Waals surface area contributed by atoms with E-state index in [0.29, 0.717) is 12.3 Å². The Morgan fingerprint density at radius 3 is 2.38 bits per heavy atom. The van der Waals surface area contributed by atoms with E-state index in [1.807, 2.05) is 4.90 Å². The van der Waals surface area contributed by atoms with Crippen LogP contribution < -0.4 is 0 Å². The van der Waals surface area contributed by atoms with Crippen LogP contribution in [0.3, 0.4) is 0 Å². The summed E-state index contributed by atoms with van der Waals surface area (Å²) in [5.41, 5.74) is 0. The molecular weight excluding hydrogens is 208 g/mol. The van der Waals surface area contributed by atoms with Crippen LogP contribution in [0, 0.1) is 0 Å². The quantitative estimate of drug-likeness (QED) is 0.720. The molecule has 1 fully saturated rings. The molecule has 0 aromatic heterocycles. The Labute approximate surface area is 97.0 Å². The fraction of sp³-hybridized carbons (Fsp3) is 0.818. The maximum absolute atomic E-state index is 11.6. The summed E-state index contributed by atoms with van der Waals surface area (Å²) in [6.07, 6.45) is 3.06. The number of hydrogen-bond acceptors (Lipinski definition) is 3. The van der Waals surface area contributed by atoms with E-state index < -0.39 is 0 Å². The molecule has 5 heteroatoms. The van der Waals surface area contributed by atoms with Gasteiger partial charge in [-0.25, -0.2) is 0 Å². The monoisotopic (exact) mass is 230 g/mol. The Kier molecular flexibility index (Phi) is 8.52. The van der Waals surface area contributed by atoms with Gasteiger partial charge in [0.25, 0.3) is 6.47 Å². The highest BCUT2D eigenvalue weighted by Gasteiger charge is 2.17. The lowest BCUT2D eigenvalue weighted by atomic mass is 10.3. The van der Waals surface area contributed by atoms with Gasteiger partial charge in [-0.05, 0) is 26.4 Å². The topological polar surface area (TPSA) is 60.9 Å². The lowest BCUT2D eigenvalue weighted by Crippen LogP contribution is -2.31. The second-order valence-corrected chi connectivity index (χ2v) is 3.84. The van der Waals surface area contributed by atoms with Crippen LogP contribution in [0.2, 0.25) is 0 Å². The predicted octanol–water partition coefficient (Wildman–Crippen LogP) is 0.651. The van der Waals surface area contributed by atoms with E-state index in [1.54, 1.807) is 0 Å². The van der Waals surface area contributed by atoms with Crippen LogP contribution in [0.4, 0.5) is 0 Å². The van der Waals surface area contributed by atoms with Crippen molar-refractivity contribution in [2.45, 2.75) is 26.2 Å². The zero-order valence-electron chi connectivity index (χ0n) is 10.2. The minimum absolute atomic E-state index is 0.250. The van der Waals surface area contributed by atoms with E-state index in [-0.39, 0.29) is 6.47 Å². The van der Waals surface area contributed by atoms with E-state index in [0.717, 1.165) is 26.2 Å². The third-order valence-corrected chi connectivity index (χ3v) is 2.71. The number of rotatable bonds is 4. The molecule has 0 spiro atoms. The SMILES string of the molecule is CCN(C)CCC(=O)N1CCCC1.O=CO. The number of nitrogens with zero attached hydrogens (tertiary/aromatic N) is 2. The summed E-state index contributed by atoms with van der Waals surface area (Å²) in [5.74, 6) is 0.331. The first-order valence-electron chi connectivity index (χ1n) is 5.69. The van der Waals surface area contributed by atoms with Gasteiger partial charge in [0.2, 0.25) is 5.91 Å². The molecule has 0 aromatic rings. The lowest BCUT2D eigenvalue weighted by Gasteiger charge is -2.18. The average Bonchev–Trinajstić information content (AvgIpc) is 2.80. The smallest absolute Gasteiger partial charge is 0.290 e. The molecule has 0 atom stereocenters. The van der Waals surface area contributed by atoms with Crippen LogP contribution in [0.5, 0.6) is 0 Å². The maximum atomic E-state index is 11.6. The lowest BCUT2D eigenvalue weighted by molar-refractivity contribution is -0.130. The standard InChI is InChI=1S/C10H20N2O.CH2O2/c1-3-11(2)9-6-10(13)12-7-4-5-8-12;2-1-3/h3-9H2,1-2H3;1H,(H,2,3). The normalized spacial score (nSPS) is 14.6. The van der Waals surface area contributed by atoms with Gasteiger partial charge in [0.15, 0.2) is 0 Å². The Morgan fingerprint density at radius 2 is 1.94 bits per heavy atom. The van der Waals surface area contributed by atoms with Crippen molar-refractivity contribution in [3.8, 4) is 0 Å². The Hall–Kier alpha value is -1.10. The van der Waals surface area contributed by atoms with Crippen LogP contribution in [0.25, 0.3) is 0 Å². The highest BCUT2D eigenvalue weighted by atomic mass is 16.3. The van der Waals surface area contributed by atoms with Gasteiger partial charge in [-0.3, -0.25) is 9.59 Å². The number of carbonyl (C=O) groups is 2. The molecule has 0 aromatic carbocycles.